The van der Waals surface area contributed by atoms with Gasteiger partial charge in [-0.25, -0.2) is 8.42 Å². The third-order valence-electron chi connectivity index (χ3n) is 4.07. The van der Waals surface area contributed by atoms with E-state index in [0.29, 0.717) is 18.7 Å². The molecule has 1 aliphatic rings. The van der Waals surface area contributed by atoms with E-state index < -0.39 is 9.84 Å². The smallest absolute Gasteiger partial charge is 0.260 e. The number of unbranched alkanes of at least 4 members (excludes halogenated alkanes) is 1. The standard InChI is InChI=1S/C17H25NO4S/c1-3-4-9-18(15-8-10-23(20,21)13-15)17(19)12-22-16-7-5-6-14(2)11-16/h5-7,11,15H,3-4,8-10,12-13H2,1-2H3. The van der Waals surface area contributed by atoms with E-state index >= 15 is 0 Å². The Balaban J connectivity index is 1.99. The van der Waals surface area contributed by atoms with Crippen LogP contribution in [0.25, 0.3) is 0 Å². The van der Waals surface area contributed by atoms with Crippen molar-refractivity contribution >= 4 is 15.7 Å². The van der Waals surface area contributed by atoms with Gasteiger partial charge in [0.25, 0.3) is 5.91 Å². The van der Waals surface area contributed by atoms with E-state index in [1.54, 1.807) is 4.90 Å². The number of sulfone groups is 1. The summed E-state index contributed by atoms with van der Waals surface area (Å²) in [5.41, 5.74) is 1.07. The Morgan fingerprint density at radius 3 is 2.78 bits per heavy atom. The van der Waals surface area contributed by atoms with E-state index in [2.05, 4.69) is 6.92 Å². The minimum Gasteiger partial charge on any atom is -0.484 e. The van der Waals surface area contributed by atoms with Crippen molar-refractivity contribution < 1.29 is 17.9 Å². The van der Waals surface area contributed by atoms with Crippen LogP contribution in [0.1, 0.15) is 31.7 Å². The van der Waals surface area contributed by atoms with Crippen LogP contribution in [0, 0.1) is 6.92 Å². The minimum atomic E-state index is -3.01. The normalized spacial score (nSPS) is 19.5. The first-order chi connectivity index (χ1) is 10.9. The van der Waals surface area contributed by atoms with Crippen LogP contribution >= 0.6 is 0 Å². The van der Waals surface area contributed by atoms with Crippen LogP contribution in [0.5, 0.6) is 5.75 Å². The van der Waals surface area contributed by atoms with Crippen molar-refractivity contribution in [1.82, 2.24) is 4.90 Å². The quantitative estimate of drug-likeness (QED) is 0.764. The van der Waals surface area contributed by atoms with Gasteiger partial charge in [0.15, 0.2) is 16.4 Å². The number of carbonyl (C=O) groups is 1. The molecule has 1 unspecified atom stereocenters. The maximum Gasteiger partial charge on any atom is 0.260 e. The fourth-order valence-electron chi connectivity index (χ4n) is 2.79. The number of ether oxygens (including phenoxy) is 1. The van der Waals surface area contributed by atoms with Crippen LogP contribution < -0.4 is 4.74 Å². The van der Waals surface area contributed by atoms with Gasteiger partial charge in [-0.05, 0) is 37.5 Å². The average molecular weight is 339 g/mol. The topological polar surface area (TPSA) is 63.7 Å². The van der Waals surface area contributed by atoms with E-state index in [1.165, 1.54) is 0 Å². The molecule has 0 bridgehead atoms. The molecule has 1 aliphatic heterocycles. The minimum absolute atomic E-state index is 0.0519. The lowest BCUT2D eigenvalue weighted by atomic mass is 10.2. The first kappa shape index (κ1) is 17.8. The summed E-state index contributed by atoms with van der Waals surface area (Å²) in [5.74, 6) is 0.772. The molecule has 6 heteroatoms. The molecule has 1 amide bonds. The van der Waals surface area contributed by atoms with Crippen molar-refractivity contribution in [3.05, 3.63) is 29.8 Å². The SMILES string of the molecule is CCCCN(C(=O)COc1cccc(C)c1)C1CCS(=O)(=O)C1. The van der Waals surface area contributed by atoms with E-state index in [0.717, 1.165) is 18.4 Å². The molecule has 1 aromatic rings. The molecular weight excluding hydrogens is 314 g/mol. The molecule has 1 atom stereocenters. The molecule has 0 radical (unpaired) electrons. The Hall–Kier alpha value is -1.56. The first-order valence-electron chi connectivity index (χ1n) is 8.10. The number of hydrogen-bond donors (Lipinski definition) is 0. The molecule has 0 aliphatic carbocycles. The van der Waals surface area contributed by atoms with Gasteiger partial charge in [0.05, 0.1) is 11.5 Å². The highest BCUT2D eigenvalue weighted by Crippen LogP contribution is 2.19. The zero-order valence-corrected chi connectivity index (χ0v) is 14.6. The van der Waals surface area contributed by atoms with E-state index in [1.807, 2.05) is 31.2 Å². The highest BCUT2D eigenvalue weighted by molar-refractivity contribution is 7.91. The molecule has 1 saturated heterocycles. The van der Waals surface area contributed by atoms with Crippen LogP contribution in [0.2, 0.25) is 0 Å². The number of hydrogen-bond acceptors (Lipinski definition) is 4. The molecule has 0 aromatic heterocycles. The maximum absolute atomic E-state index is 12.5. The summed E-state index contributed by atoms with van der Waals surface area (Å²) < 4.78 is 29.0. The predicted octanol–water partition coefficient (Wildman–Crippen LogP) is 2.19. The summed E-state index contributed by atoms with van der Waals surface area (Å²) in [6.45, 7) is 4.55. The molecule has 0 saturated carbocycles. The second-order valence-electron chi connectivity index (χ2n) is 6.10. The fourth-order valence-corrected chi connectivity index (χ4v) is 4.52. The average Bonchev–Trinajstić information content (AvgIpc) is 2.85. The van der Waals surface area contributed by atoms with Gasteiger partial charge in [-0.1, -0.05) is 25.5 Å². The number of benzene rings is 1. The summed E-state index contributed by atoms with van der Waals surface area (Å²) in [6.07, 6.45) is 2.36. The number of aryl methyl sites for hydroxylation is 1. The van der Waals surface area contributed by atoms with E-state index in [9.17, 15) is 13.2 Å². The molecule has 1 heterocycles. The van der Waals surface area contributed by atoms with E-state index in [4.69, 9.17) is 4.74 Å². The molecule has 5 nitrogen and oxygen atoms in total. The molecule has 1 aromatic carbocycles. The Kier molecular flexibility index (Phi) is 6.04. The molecule has 1 fully saturated rings. The van der Waals surface area contributed by atoms with Gasteiger partial charge in [-0.3, -0.25) is 4.79 Å². The Labute approximate surface area is 138 Å². The van der Waals surface area contributed by atoms with Gasteiger partial charge in [0.2, 0.25) is 0 Å². The second-order valence-corrected chi connectivity index (χ2v) is 8.33. The van der Waals surface area contributed by atoms with Gasteiger partial charge in [0.1, 0.15) is 5.75 Å². The van der Waals surface area contributed by atoms with Gasteiger partial charge < -0.3 is 9.64 Å². The van der Waals surface area contributed by atoms with Crippen LogP contribution in [0.15, 0.2) is 24.3 Å². The van der Waals surface area contributed by atoms with Crippen LogP contribution in [-0.2, 0) is 14.6 Å². The zero-order valence-electron chi connectivity index (χ0n) is 13.8. The molecular formula is C17H25NO4S. The maximum atomic E-state index is 12.5. The molecule has 128 valence electrons. The largest absolute Gasteiger partial charge is 0.484 e. The Bertz CT molecular complexity index is 642. The molecule has 0 spiro atoms. The monoisotopic (exact) mass is 339 g/mol. The van der Waals surface area contributed by atoms with Crippen LogP contribution in [0.3, 0.4) is 0 Å². The lowest BCUT2D eigenvalue weighted by Crippen LogP contribution is -2.44. The van der Waals surface area contributed by atoms with Crippen molar-refractivity contribution in [1.29, 1.82) is 0 Å². The van der Waals surface area contributed by atoms with Gasteiger partial charge in [-0.2, -0.15) is 0 Å². The predicted molar refractivity (Wildman–Crippen MR) is 90.4 cm³/mol. The summed E-state index contributed by atoms with van der Waals surface area (Å²) in [6, 6.07) is 7.33. The van der Waals surface area contributed by atoms with Crippen molar-refractivity contribution in [2.45, 2.75) is 39.2 Å². The number of carbonyl (C=O) groups excluding carboxylic acids is 1. The van der Waals surface area contributed by atoms with Gasteiger partial charge >= 0.3 is 0 Å². The summed E-state index contributed by atoms with van der Waals surface area (Å²) >= 11 is 0. The lowest BCUT2D eigenvalue weighted by Gasteiger charge is -2.28. The Morgan fingerprint density at radius 2 is 2.17 bits per heavy atom. The summed E-state index contributed by atoms with van der Waals surface area (Å²) in [5, 5.41) is 0. The van der Waals surface area contributed by atoms with Gasteiger partial charge in [0, 0.05) is 12.6 Å². The van der Waals surface area contributed by atoms with Gasteiger partial charge in [-0.15, -0.1) is 0 Å². The van der Waals surface area contributed by atoms with Crippen molar-refractivity contribution in [2.24, 2.45) is 0 Å². The number of nitrogens with zero attached hydrogens (tertiary/aromatic N) is 1. The Morgan fingerprint density at radius 1 is 1.39 bits per heavy atom. The highest BCUT2D eigenvalue weighted by Gasteiger charge is 2.34. The van der Waals surface area contributed by atoms with Crippen LogP contribution in [-0.4, -0.2) is 49.9 Å². The first-order valence-corrected chi connectivity index (χ1v) is 9.93. The van der Waals surface area contributed by atoms with Crippen molar-refractivity contribution in [2.75, 3.05) is 24.7 Å². The molecule has 0 N–H and O–H groups in total. The number of rotatable bonds is 7. The molecule has 2 rings (SSSR count). The zero-order chi connectivity index (χ0) is 16.9. The lowest BCUT2D eigenvalue weighted by molar-refractivity contribution is -0.135. The second kappa shape index (κ2) is 7.81. The van der Waals surface area contributed by atoms with Crippen molar-refractivity contribution in [3.8, 4) is 5.75 Å². The van der Waals surface area contributed by atoms with Crippen LogP contribution in [0.4, 0.5) is 0 Å². The summed E-state index contributed by atoms with van der Waals surface area (Å²) in [4.78, 5) is 14.2. The van der Waals surface area contributed by atoms with E-state index in [-0.39, 0.29) is 30.1 Å². The highest BCUT2D eigenvalue weighted by atomic mass is 32.2. The number of amides is 1. The molecule has 23 heavy (non-hydrogen) atoms. The third-order valence-corrected chi connectivity index (χ3v) is 5.82. The van der Waals surface area contributed by atoms with Crippen molar-refractivity contribution in [3.63, 3.8) is 0 Å². The fraction of sp³-hybridized carbons (Fsp3) is 0.588. The third kappa shape index (κ3) is 5.23. The summed E-state index contributed by atoms with van der Waals surface area (Å²) in [7, 11) is -3.01.